The molecule has 1 aliphatic rings. The van der Waals surface area contributed by atoms with Crippen LogP contribution in [0.3, 0.4) is 0 Å². The van der Waals surface area contributed by atoms with Crippen LogP contribution in [-0.4, -0.2) is 25.2 Å². The van der Waals surface area contributed by atoms with Gasteiger partial charge in [-0.2, -0.15) is 0 Å². The van der Waals surface area contributed by atoms with Crippen molar-refractivity contribution in [3.05, 3.63) is 29.8 Å². The van der Waals surface area contributed by atoms with Gasteiger partial charge in [-0.15, -0.1) is 24.0 Å². The molecule has 21 heavy (non-hydrogen) atoms. The monoisotopic (exact) mass is 411 g/mol. The van der Waals surface area contributed by atoms with Gasteiger partial charge < -0.3 is 15.8 Å². The van der Waals surface area contributed by atoms with Crippen LogP contribution in [-0.2, 0) is 4.74 Å². The van der Waals surface area contributed by atoms with E-state index in [9.17, 15) is 8.78 Å². The number of nitrogens with two attached hydrogens (primary N) is 1. The smallest absolute Gasteiger partial charge is 0.193 e. The second kappa shape index (κ2) is 9.14. The van der Waals surface area contributed by atoms with Crippen LogP contribution in [0.15, 0.2) is 23.2 Å². The van der Waals surface area contributed by atoms with Crippen LogP contribution < -0.4 is 11.1 Å². The number of nitrogens with one attached hydrogen (secondary N) is 1. The van der Waals surface area contributed by atoms with Gasteiger partial charge in [0.15, 0.2) is 5.96 Å². The van der Waals surface area contributed by atoms with E-state index in [1.54, 1.807) is 0 Å². The number of anilines is 1. The molecule has 1 atom stereocenters. The molecule has 1 aromatic rings. The van der Waals surface area contributed by atoms with Gasteiger partial charge >= 0.3 is 0 Å². The number of aliphatic imine (C=N–C) groups is 1. The van der Waals surface area contributed by atoms with E-state index >= 15 is 0 Å². The first-order chi connectivity index (χ1) is 9.65. The Bertz CT molecular complexity index is 479. The second-order valence-electron chi connectivity index (χ2n) is 4.79. The molecule has 0 radical (unpaired) electrons. The van der Waals surface area contributed by atoms with E-state index in [0.717, 1.165) is 44.1 Å². The van der Waals surface area contributed by atoms with E-state index in [1.807, 2.05) is 0 Å². The van der Waals surface area contributed by atoms with Crippen LogP contribution >= 0.6 is 24.0 Å². The number of rotatable bonds is 4. The molecule has 0 aromatic heterocycles. The van der Waals surface area contributed by atoms with Gasteiger partial charge in [0.25, 0.3) is 0 Å². The van der Waals surface area contributed by atoms with Crippen molar-refractivity contribution >= 4 is 35.6 Å². The van der Waals surface area contributed by atoms with Gasteiger partial charge in [0, 0.05) is 19.2 Å². The van der Waals surface area contributed by atoms with Gasteiger partial charge in [-0.3, -0.25) is 4.99 Å². The predicted octanol–water partition coefficient (Wildman–Crippen LogP) is 3.27. The van der Waals surface area contributed by atoms with E-state index in [-0.39, 0.29) is 41.7 Å². The maximum atomic E-state index is 13.4. The standard InChI is InChI=1S/C14H19F2N3O.HI/c15-10-4-5-12(16)13(9-10)19-14(17)18-7-6-11-3-1-2-8-20-11;/h4-5,9,11H,1-3,6-8H2,(H3,17,18,19);1H. The molecular weight excluding hydrogens is 391 g/mol. The van der Waals surface area contributed by atoms with Crippen LogP contribution in [0.4, 0.5) is 14.5 Å². The van der Waals surface area contributed by atoms with Gasteiger partial charge in [0.2, 0.25) is 0 Å². The highest BCUT2D eigenvalue weighted by Crippen LogP contribution is 2.16. The second-order valence-corrected chi connectivity index (χ2v) is 4.79. The first-order valence-corrected chi connectivity index (χ1v) is 6.79. The number of ether oxygens (including phenoxy) is 1. The van der Waals surface area contributed by atoms with Crippen LogP contribution in [0.1, 0.15) is 25.7 Å². The third-order valence-corrected chi connectivity index (χ3v) is 3.20. The Balaban J connectivity index is 0.00000220. The van der Waals surface area contributed by atoms with E-state index in [1.165, 1.54) is 6.42 Å². The number of nitrogens with zero attached hydrogens (tertiary/aromatic N) is 1. The molecule has 3 N–H and O–H groups in total. The molecule has 1 aromatic carbocycles. The lowest BCUT2D eigenvalue weighted by molar-refractivity contribution is 0.0129. The lowest BCUT2D eigenvalue weighted by atomic mass is 10.1. The molecule has 0 bridgehead atoms. The molecule has 1 aliphatic heterocycles. The van der Waals surface area contributed by atoms with Crippen molar-refractivity contribution in [3.8, 4) is 0 Å². The van der Waals surface area contributed by atoms with E-state index < -0.39 is 11.6 Å². The maximum Gasteiger partial charge on any atom is 0.193 e. The van der Waals surface area contributed by atoms with E-state index in [2.05, 4.69) is 10.3 Å². The summed E-state index contributed by atoms with van der Waals surface area (Å²) in [6, 6.07) is 3.14. The average Bonchev–Trinajstić information content (AvgIpc) is 2.44. The Kier molecular flexibility index (Phi) is 7.87. The summed E-state index contributed by atoms with van der Waals surface area (Å²) < 4.78 is 31.9. The molecule has 1 unspecified atom stereocenters. The predicted molar refractivity (Wildman–Crippen MR) is 90.1 cm³/mol. The quantitative estimate of drug-likeness (QED) is 0.454. The zero-order valence-corrected chi connectivity index (χ0v) is 14.0. The zero-order chi connectivity index (χ0) is 14.4. The molecule has 0 amide bonds. The number of guanidine groups is 1. The number of hydrogen-bond donors (Lipinski definition) is 2. The Morgan fingerprint density at radius 1 is 1.38 bits per heavy atom. The average molecular weight is 411 g/mol. The normalized spacial score (nSPS) is 19.0. The van der Waals surface area contributed by atoms with Gasteiger partial charge in [0.05, 0.1) is 11.8 Å². The summed E-state index contributed by atoms with van der Waals surface area (Å²) in [7, 11) is 0. The van der Waals surface area contributed by atoms with Gasteiger partial charge in [-0.1, -0.05) is 0 Å². The Hall–Kier alpha value is -0.960. The summed E-state index contributed by atoms with van der Waals surface area (Å²) in [6.45, 7) is 1.30. The van der Waals surface area contributed by atoms with Crippen molar-refractivity contribution in [3.63, 3.8) is 0 Å². The minimum atomic E-state index is -0.569. The van der Waals surface area contributed by atoms with Crippen molar-refractivity contribution in [1.29, 1.82) is 0 Å². The van der Waals surface area contributed by atoms with Crippen molar-refractivity contribution in [1.82, 2.24) is 0 Å². The molecule has 4 nitrogen and oxygen atoms in total. The Labute approximate surface area is 140 Å². The minimum Gasteiger partial charge on any atom is -0.378 e. The van der Waals surface area contributed by atoms with Crippen molar-refractivity contribution in [2.75, 3.05) is 18.5 Å². The van der Waals surface area contributed by atoms with Crippen molar-refractivity contribution in [2.24, 2.45) is 10.7 Å². The molecule has 0 saturated carbocycles. The fourth-order valence-electron chi connectivity index (χ4n) is 2.13. The topological polar surface area (TPSA) is 59.6 Å². The SMILES string of the molecule is I.NC(=NCCC1CCCCO1)Nc1cc(F)ccc1F. The summed E-state index contributed by atoms with van der Waals surface area (Å²) in [5.74, 6) is -1.03. The number of halogens is 3. The number of hydrogen-bond acceptors (Lipinski definition) is 2. The molecule has 118 valence electrons. The van der Waals surface area contributed by atoms with Crippen LogP contribution in [0.2, 0.25) is 0 Å². The Morgan fingerprint density at radius 3 is 2.90 bits per heavy atom. The first kappa shape index (κ1) is 18.1. The molecular formula is C14H20F2IN3O. The minimum absolute atomic E-state index is 0. The van der Waals surface area contributed by atoms with Crippen LogP contribution in [0.25, 0.3) is 0 Å². The van der Waals surface area contributed by atoms with Gasteiger partial charge in [-0.05, 0) is 37.8 Å². The fraction of sp³-hybridized carbons (Fsp3) is 0.500. The Morgan fingerprint density at radius 2 is 2.19 bits per heavy atom. The third-order valence-electron chi connectivity index (χ3n) is 3.20. The summed E-state index contributed by atoms with van der Waals surface area (Å²) in [6.07, 6.45) is 4.35. The molecule has 7 heteroatoms. The molecule has 1 saturated heterocycles. The molecule has 2 rings (SSSR count). The van der Waals surface area contributed by atoms with Gasteiger partial charge in [-0.25, -0.2) is 8.78 Å². The van der Waals surface area contributed by atoms with Crippen molar-refractivity contribution in [2.45, 2.75) is 31.8 Å². The van der Waals surface area contributed by atoms with Crippen LogP contribution in [0, 0.1) is 11.6 Å². The number of benzene rings is 1. The summed E-state index contributed by atoms with van der Waals surface area (Å²) in [5, 5.41) is 2.56. The molecule has 1 heterocycles. The van der Waals surface area contributed by atoms with E-state index in [0.29, 0.717) is 6.54 Å². The van der Waals surface area contributed by atoms with E-state index in [4.69, 9.17) is 10.5 Å². The summed E-state index contributed by atoms with van der Waals surface area (Å²) in [5.41, 5.74) is 5.64. The fourth-order valence-corrected chi connectivity index (χ4v) is 2.13. The first-order valence-electron chi connectivity index (χ1n) is 6.79. The summed E-state index contributed by atoms with van der Waals surface area (Å²) in [4.78, 5) is 4.10. The highest BCUT2D eigenvalue weighted by Gasteiger charge is 2.13. The molecule has 0 spiro atoms. The molecule has 1 fully saturated rings. The van der Waals surface area contributed by atoms with Crippen molar-refractivity contribution < 1.29 is 13.5 Å². The lowest BCUT2D eigenvalue weighted by Gasteiger charge is -2.21. The highest BCUT2D eigenvalue weighted by molar-refractivity contribution is 14.0. The summed E-state index contributed by atoms with van der Waals surface area (Å²) >= 11 is 0. The highest BCUT2D eigenvalue weighted by atomic mass is 127. The van der Waals surface area contributed by atoms with Crippen LogP contribution in [0.5, 0.6) is 0 Å². The third kappa shape index (κ3) is 6.13. The largest absolute Gasteiger partial charge is 0.378 e. The lowest BCUT2D eigenvalue weighted by Crippen LogP contribution is -2.25. The zero-order valence-electron chi connectivity index (χ0n) is 11.6. The molecule has 0 aliphatic carbocycles. The maximum absolute atomic E-state index is 13.4. The van der Waals surface area contributed by atoms with Gasteiger partial charge in [0.1, 0.15) is 11.6 Å².